The van der Waals surface area contributed by atoms with E-state index in [1.807, 2.05) is 19.9 Å². The molecule has 2 aromatic carbocycles. The van der Waals surface area contributed by atoms with E-state index in [1.54, 1.807) is 54.9 Å². The third kappa shape index (κ3) is 4.52. The smallest absolute Gasteiger partial charge is 0.295 e. The van der Waals surface area contributed by atoms with E-state index in [9.17, 15) is 14.7 Å². The van der Waals surface area contributed by atoms with E-state index in [1.165, 1.54) is 4.90 Å². The average Bonchev–Trinajstić information content (AvgIpc) is 3.07. The van der Waals surface area contributed by atoms with Gasteiger partial charge in [-0.3, -0.25) is 14.6 Å². The van der Waals surface area contributed by atoms with E-state index < -0.39 is 17.7 Å². The molecule has 34 heavy (non-hydrogen) atoms. The van der Waals surface area contributed by atoms with Crippen molar-refractivity contribution < 1.29 is 19.4 Å². The van der Waals surface area contributed by atoms with Gasteiger partial charge in [-0.15, -0.1) is 0 Å². The Labute approximate surface area is 207 Å². The first-order chi connectivity index (χ1) is 16.3. The number of aryl methyl sites for hydroxylation is 1. The number of ether oxygens (including phenoxy) is 1. The lowest BCUT2D eigenvalue weighted by molar-refractivity contribution is -0.140. The number of carbonyl (C=O) groups excluding carboxylic acids is 2. The number of halogens is 2. The van der Waals surface area contributed by atoms with Crippen molar-refractivity contribution in [1.82, 2.24) is 9.88 Å². The fraction of sp³-hybridized carbons (Fsp3) is 0.192. The van der Waals surface area contributed by atoms with E-state index in [0.717, 1.165) is 11.1 Å². The van der Waals surface area contributed by atoms with Crippen LogP contribution in [0.4, 0.5) is 0 Å². The number of aliphatic hydroxyl groups excluding tert-OH is 1. The zero-order valence-corrected chi connectivity index (χ0v) is 20.1. The molecule has 8 heteroatoms. The van der Waals surface area contributed by atoms with Gasteiger partial charge < -0.3 is 14.7 Å². The van der Waals surface area contributed by atoms with Crippen molar-refractivity contribution in [2.45, 2.75) is 26.4 Å². The number of amides is 1. The summed E-state index contributed by atoms with van der Waals surface area (Å²) in [4.78, 5) is 31.8. The van der Waals surface area contributed by atoms with Crippen molar-refractivity contribution in [2.75, 3.05) is 6.61 Å². The minimum atomic E-state index is -0.859. The predicted molar refractivity (Wildman–Crippen MR) is 131 cm³/mol. The topological polar surface area (TPSA) is 79.7 Å². The maximum atomic E-state index is 13.2. The van der Waals surface area contributed by atoms with Crippen molar-refractivity contribution >= 4 is 40.7 Å². The molecule has 4 rings (SSSR count). The molecule has 1 amide bonds. The number of benzene rings is 2. The number of Topliss-reactive ketones (excluding diaryl/α,β-unsaturated/α-hetero) is 1. The van der Waals surface area contributed by atoms with E-state index >= 15 is 0 Å². The van der Waals surface area contributed by atoms with Crippen LogP contribution in [0.2, 0.25) is 10.0 Å². The fourth-order valence-electron chi connectivity index (χ4n) is 4.03. The van der Waals surface area contributed by atoms with Gasteiger partial charge in [-0.1, -0.05) is 35.3 Å². The summed E-state index contributed by atoms with van der Waals surface area (Å²) in [6.07, 6.45) is 3.25. The monoisotopic (exact) mass is 496 g/mol. The van der Waals surface area contributed by atoms with Crippen molar-refractivity contribution in [2.24, 2.45) is 0 Å². The lowest BCUT2D eigenvalue weighted by Crippen LogP contribution is -2.29. The fourth-order valence-corrected chi connectivity index (χ4v) is 4.34. The van der Waals surface area contributed by atoms with Crippen LogP contribution in [0.3, 0.4) is 0 Å². The summed E-state index contributed by atoms with van der Waals surface area (Å²) in [5.41, 5.74) is 2.48. The molecule has 2 heterocycles. The molecule has 6 nitrogen and oxygen atoms in total. The van der Waals surface area contributed by atoms with Gasteiger partial charge in [-0.05, 0) is 66.9 Å². The molecule has 1 fully saturated rings. The molecular formula is C26H22Cl2N2O4. The van der Waals surface area contributed by atoms with Crippen molar-refractivity contribution in [3.8, 4) is 5.75 Å². The Kier molecular flexibility index (Phi) is 6.91. The number of nitrogens with zero attached hydrogens (tertiary/aromatic N) is 2. The Balaban J connectivity index is 1.86. The Morgan fingerprint density at radius 2 is 1.91 bits per heavy atom. The van der Waals surface area contributed by atoms with Crippen LogP contribution in [-0.2, 0) is 16.1 Å². The van der Waals surface area contributed by atoms with E-state index in [-0.39, 0.29) is 22.9 Å². The molecule has 0 spiro atoms. The number of hydrogen-bond acceptors (Lipinski definition) is 5. The third-order valence-corrected chi connectivity index (χ3v) is 6.36. The molecule has 174 valence electrons. The summed E-state index contributed by atoms with van der Waals surface area (Å²) in [6, 6.07) is 12.7. The second-order valence-corrected chi connectivity index (χ2v) is 8.69. The van der Waals surface area contributed by atoms with Crippen molar-refractivity contribution in [3.05, 3.63) is 98.8 Å². The number of ketones is 1. The Morgan fingerprint density at radius 3 is 2.56 bits per heavy atom. The molecule has 1 unspecified atom stereocenters. The van der Waals surface area contributed by atoms with Crippen LogP contribution in [0.1, 0.15) is 35.2 Å². The maximum Gasteiger partial charge on any atom is 0.295 e. The summed E-state index contributed by atoms with van der Waals surface area (Å²) in [6.45, 7) is 4.36. The lowest BCUT2D eigenvalue weighted by Gasteiger charge is -2.25. The van der Waals surface area contributed by atoms with Gasteiger partial charge in [0.1, 0.15) is 11.5 Å². The molecule has 1 N–H and O–H groups in total. The van der Waals surface area contributed by atoms with E-state index in [4.69, 9.17) is 27.9 Å². The summed E-state index contributed by atoms with van der Waals surface area (Å²) in [5.74, 6) is -1.08. The summed E-state index contributed by atoms with van der Waals surface area (Å²) in [5, 5.41) is 11.9. The molecular weight excluding hydrogens is 475 g/mol. The summed E-state index contributed by atoms with van der Waals surface area (Å²) >= 11 is 12.4. The van der Waals surface area contributed by atoms with Gasteiger partial charge in [0.05, 0.1) is 28.3 Å². The minimum Gasteiger partial charge on any atom is -0.507 e. The molecule has 0 saturated carbocycles. The van der Waals surface area contributed by atoms with E-state index in [2.05, 4.69) is 4.98 Å². The lowest BCUT2D eigenvalue weighted by atomic mass is 9.94. The number of carbonyl (C=O) groups is 2. The highest BCUT2D eigenvalue weighted by Crippen LogP contribution is 2.42. The van der Waals surface area contributed by atoms with Gasteiger partial charge in [-0.2, -0.15) is 0 Å². The predicted octanol–water partition coefficient (Wildman–Crippen LogP) is 5.72. The first-order valence-electron chi connectivity index (χ1n) is 10.7. The zero-order valence-electron chi connectivity index (χ0n) is 18.6. The molecule has 1 aromatic heterocycles. The van der Waals surface area contributed by atoms with Gasteiger partial charge in [-0.25, -0.2) is 0 Å². The number of likely N-dealkylation sites (tertiary alicyclic amines) is 1. The second kappa shape index (κ2) is 9.87. The van der Waals surface area contributed by atoms with E-state index in [0.29, 0.717) is 28.5 Å². The molecule has 1 saturated heterocycles. The number of aromatic nitrogens is 1. The number of hydrogen-bond donors (Lipinski definition) is 1. The van der Waals surface area contributed by atoms with Crippen LogP contribution < -0.4 is 4.74 Å². The number of aliphatic hydroxyl groups is 1. The largest absolute Gasteiger partial charge is 0.507 e. The van der Waals surface area contributed by atoms with Gasteiger partial charge in [0, 0.05) is 24.5 Å². The third-order valence-electron chi connectivity index (χ3n) is 5.62. The van der Waals surface area contributed by atoms with Crippen LogP contribution in [0, 0.1) is 6.92 Å². The molecule has 1 atom stereocenters. The molecule has 0 aliphatic carbocycles. The minimum absolute atomic E-state index is 0.0177. The van der Waals surface area contributed by atoms with Crippen LogP contribution >= 0.6 is 23.2 Å². The average molecular weight is 497 g/mol. The Hall–Kier alpha value is -3.35. The standard InChI is InChI=1S/C26H22Cl2N2O4/c1-3-34-21-9-7-18(11-15(21)2)24(31)22-23(17-6-8-19(27)20(28)12-17)30(26(33)25(22)32)14-16-5-4-10-29-13-16/h4-13,23,31H,3,14H2,1-2H3/b24-22+. The highest BCUT2D eigenvalue weighted by Gasteiger charge is 2.46. The number of pyridine rings is 1. The SMILES string of the molecule is CCOc1ccc(/C(O)=C2\C(=O)C(=O)N(Cc3cccnc3)C2c2ccc(Cl)c(Cl)c2)cc1C. The summed E-state index contributed by atoms with van der Waals surface area (Å²) in [7, 11) is 0. The highest BCUT2D eigenvalue weighted by atomic mass is 35.5. The molecule has 1 aliphatic heterocycles. The quantitative estimate of drug-likeness (QED) is 0.268. The van der Waals surface area contributed by atoms with Crippen LogP contribution in [0.25, 0.3) is 5.76 Å². The van der Waals surface area contributed by atoms with Crippen molar-refractivity contribution in [3.63, 3.8) is 0 Å². The van der Waals surface area contributed by atoms with Gasteiger partial charge in [0.2, 0.25) is 0 Å². The maximum absolute atomic E-state index is 13.2. The molecule has 3 aromatic rings. The van der Waals surface area contributed by atoms with Gasteiger partial charge >= 0.3 is 0 Å². The van der Waals surface area contributed by atoms with Crippen LogP contribution in [-0.4, -0.2) is 33.3 Å². The van der Waals surface area contributed by atoms with Crippen molar-refractivity contribution in [1.29, 1.82) is 0 Å². The Bertz CT molecular complexity index is 1290. The first kappa shape index (κ1) is 23.8. The van der Waals surface area contributed by atoms with Gasteiger partial charge in [0.15, 0.2) is 0 Å². The number of rotatable bonds is 6. The molecule has 0 bridgehead atoms. The molecule has 1 aliphatic rings. The van der Waals surface area contributed by atoms with Crippen LogP contribution in [0.15, 0.2) is 66.5 Å². The Morgan fingerprint density at radius 1 is 1.12 bits per heavy atom. The molecule has 0 radical (unpaired) electrons. The van der Waals surface area contributed by atoms with Gasteiger partial charge in [0.25, 0.3) is 11.7 Å². The van der Waals surface area contributed by atoms with Crippen LogP contribution in [0.5, 0.6) is 5.75 Å². The zero-order chi connectivity index (χ0) is 24.4. The normalized spacial score (nSPS) is 17.3. The summed E-state index contributed by atoms with van der Waals surface area (Å²) < 4.78 is 5.57. The highest BCUT2D eigenvalue weighted by molar-refractivity contribution is 6.46. The second-order valence-electron chi connectivity index (χ2n) is 7.88. The first-order valence-corrected chi connectivity index (χ1v) is 11.4.